The minimum atomic E-state index is -0.894. The van der Waals surface area contributed by atoms with E-state index >= 15 is 0 Å². The maximum absolute atomic E-state index is 12.5. The van der Waals surface area contributed by atoms with Gasteiger partial charge in [-0.15, -0.1) is 0 Å². The molecular formula is C20H22O5. The minimum absolute atomic E-state index is 0.242. The fourth-order valence-corrected chi connectivity index (χ4v) is 2.83. The molecule has 1 fully saturated rings. The van der Waals surface area contributed by atoms with E-state index in [1.165, 1.54) is 0 Å². The second-order valence-corrected chi connectivity index (χ2v) is 6.94. The third-order valence-corrected chi connectivity index (χ3v) is 4.38. The molecule has 1 saturated heterocycles. The van der Waals surface area contributed by atoms with E-state index < -0.39 is 29.6 Å². The largest absolute Gasteiger partial charge is 0.479 e. The third kappa shape index (κ3) is 3.60. The first-order valence-corrected chi connectivity index (χ1v) is 8.43. The van der Waals surface area contributed by atoms with Crippen LogP contribution in [0, 0.1) is 5.41 Å². The summed E-state index contributed by atoms with van der Waals surface area (Å²) >= 11 is 0. The Labute approximate surface area is 146 Å². The van der Waals surface area contributed by atoms with Gasteiger partial charge in [0.25, 0.3) is 0 Å². The van der Waals surface area contributed by atoms with Crippen molar-refractivity contribution in [2.45, 2.75) is 39.4 Å². The van der Waals surface area contributed by atoms with Crippen LogP contribution < -0.4 is 4.74 Å². The lowest BCUT2D eigenvalue weighted by Crippen LogP contribution is -2.39. The zero-order valence-electron chi connectivity index (χ0n) is 14.7. The van der Waals surface area contributed by atoms with E-state index in [9.17, 15) is 9.59 Å². The Morgan fingerprint density at radius 3 is 2.60 bits per heavy atom. The third-order valence-electron chi connectivity index (χ3n) is 4.38. The van der Waals surface area contributed by atoms with Crippen LogP contribution in [0.1, 0.15) is 27.2 Å². The van der Waals surface area contributed by atoms with Crippen LogP contribution in [0.15, 0.2) is 42.5 Å². The number of cyclic esters (lactones) is 1. The second kappa shape index (κ2) is 6.75. The fourth-order valence-electron chi connectivity index (χ4n) is 2.83. The highest BCUT2D eigenvalue weighted by molar-refractivity contribution is 5.85. The molecule has 1 aliphatic heterocycles. The Morgan fingerprint density at radius 1 is 1.24 bits per heavy atom. The summed E-state index contributed by atoms with van der Waals surface area (Å²) in [7, 11) is 0. The van der Waals surface area contributed by atoms with Gasteiger partial charge in [0.2, 0.25) is 6.10 Å². The summed E-state index contributed by atoms with van der Waals surface area (Å²) in [6, 6.07) is 13.6. The number of ether oxygens (including phenoxy) is 3. The second-order valence-electron chi connectivity index (χ2n) is 6.94. The smallest absolute Gasteiger partial charge is 0.348 e. The molecule has 25 heavy (non-hydrogen) atoms. The average molecular weight is 342 g/mol. The van der Waals surface area contributed by atoms with Crippen molar-refractivity contribution in [3.05, 3.63) is 42.5 Å². The Hall–Kier alpha value is -2.56. The summed E-state index contributed by atoms with van der Waals surface area (Å²) in [5, 5.41) is 2.13. The van der Waals surface area contributed by atoms with Crippen molar-refractivity contribution in [1.29, 1.82) is 0 Å². The van der Waals surface area contributed by atoms with Gasteiger partial charge in [-0.05, 0) is 29.3 Å². The number of carbonyl (C=O) groups is 2. The minimum Gasteiger partial charge on any atom is -0.479 e. The van der Waals surface area contributed by atoms with Gasteiger partial charge < -0.3 is 14.2 Å². The normalized spacial score (nSPS) is 20.1. The Kier molecular flexibility index (Phi) is 4.66. The summed E-state index contributed by atoms with van der Waals surface area (Å²) in [5.41, 5.74) is -0.534. The molecule has 0 aliphatic carbocycles. The van der Waals surface area contributed by atoms with Crippen LogP contribution in [0.2, 0.25) is 0 Å². The number of benzene rings is 2. The number of hydrogen-bond acceptors (Lipinski definition) is 5. The van der Waals surface area contributed by atoms with Crippen LogP contribution in [0.3, 0.4) is 0 Å². The predicted molar refractivity (Wildman–Crippen MR) is 93.3 cm³/mol. The van der Waals surface area contributed by atoms with E-state index in [1.807, 2.05) is 63.2 Å². The van der Waals surface area contributed by atoms with Gasteiger partial charge in [0, 0.05) is 5.41 Å². The summed E-state index contributed by atoms with van der Waals surface area (Å²) in [4.78, 5) is 24.3. The maximum atomic E-state index is 12.5. The van der Waals surface area contributed by atoms with Gasteiger partial charge in [0.05, 0.1) is 0 Å². The number of hydrogen-bond donors (Lipinski definition) is 0. The van der Waals surface area contributed by atoms with Gasteiger partial charge >= 0.3 is 11.9 Å². The Balaban J connectivity index is 1.72. The van der Waals surface area contributed by atoms with Crippen LogP contribution >= 0.6 is 0 Å². The molecule has 2 aromatic carbocycles. The van der Waals surface area contributed by atoms with E-state index in [4.69, 9.17) is 14.2 Å². The lowest BCUT2D eigenvalue weighted by Gasteiger charge is -2.24. The number of fused-ring (bicyclic) bond motifs is 1. The van der Waals surface area contributed by atoms with Crippen LogP contribution in [-0.2, 0) is 19.1 Å². The molecular weight excluding hydrogens is 320 g/mol. The van der Waals surface area contributed by atoms with E-state index in [0.29, 0.717) is 12.2 Å². The standard InChI is InChI=1S/C20H22O5/c1-4-16(18(21)25-17-19(22)23-12-20(17,2)3)24-15-10-9-13-7-5-6-8-14(13)11-15/h5-11,16-17H,4,12H2,1-3H3/t16-,17-/m0/s1. The van der Waals surface area contributed by atoms with Crippen molar-refractivity contribution in [1.82, 2.24) is 0 Å². The Bertz CT molecular complexity index is 796. The summed E-state index contributed by atoms with van der Waals surface area (Å²) in [5.74, 6) is -0.456. The lowest BCUT2D eigenvalue weighted by molar-refractivity contribution is -0.168. The van der Waals surface area contributed by atoms with E-state index in [1.54, 1.807) is 0 Å². The van der Waals surface area contributed by atoms with Crippen molar-refractivity contribution in [2.75, 3.05) is 6.61 Å². The molecule has 0 aromatic heterocycles. The maximum Gasteiger partial charge on any atom is 0.348 e. The number of carbonyl (C=O) groups excluding carboxylic acids is 2. The number of rotatable bonds is 5. The summed E-state index contributed by atoms with van der Waals surface area (Å²) in [6.07, 6.45) is -1.23. The molecule has 132 valence electrons. The van der Waals surface area contributed by atoms with Gasteiger partial charge in [-0.1, -0.05) is 51.1 Å². The van der Waals surface area contributed by atoms with E-state index in [0.717, 1.165) is 10.8 Å². The highest BCUT2D eigenvalue weighted by Gasteiger charge is 2.47. The van der Waals surface area contributed by atoms with Crippen LogP contribution in [0.5, 0.6) is 5.75 Å². The lowest BCUT2D eigenvalue weighted by atomic mass is 9.90. The molecule has 2 aromatic rings. The summed E-state index contributed by atoms with van der Waals surface area (Å²) in [6.45, 7) is 5.75. The van der Waals surface area contributed by atoms with Crippen molar-refractivity contribution in [3.8, 4) is 5.75 Å². The van der Waals surface area contributed by atoms with Crippen molar-refractivity contribution >= 4 is 22.7 Å². The number of esters is 2. The molecule has 1 heterocycles. The first-order chi connectivity index (χ1) is 11.9. The van der Waals surface area contributed by atoms with Gasteiger partial charge in [-0.25, -0.2) is 9.59 Å². The first kappa shape index (κ1) is 17.3. The monoisotopic (exact) mass is 342 g/mol. The zero-order valence-corrected chi connectivity index (χ0v) is 14.7. The van der Waals surface area contributed by atoms with Gasteiger partial charge in [-0.3, -0.25) is 0 Å². The van der Waals surface area contributed by atoms with E-state index in [-0.39, 0.29) is 6.61 Å². The molecule has 3 rings (SSSR count). The van der Waals surface area contributed by atoms with E-state index in [2.05, 4.69) is 0 Å². The fraction of sp³-hybridized carbons (Fsp3) is 0.400. The first-order valence-electron chi connectivity index (χ1n) is 8.43. The van der Waals surface area contributed by atoms with Gasteiger partial charge in [0.15, 0.2) is 6.10 Å². The van der Waals surface area contributed by atoms with Gasteiger partial charge in [0.1, 0.15) is 12.4 Å². The van der Waals surface area contributed by atoms with Crippen molar-refractivity contribution < 1.29 is 23.8 Å². The van der Waals surface area contributed by atoms with Gasteiger partial charge in [-0.2, -0.15) is 0 Å². The predicted octanol–water partition coefficient (Wildman–Crippen LogP) is 3.49. The topological polar surface area (TPSA) is 61.8 Å². The molecule has 0 N–H and O–H groups in total. The molecule has 0 radical (unpaired) electrons. The average Bonchev–Trinajstić information content (AvgIpc) is 2.86. The van der Waals surface area contributed by atoms with Crippen LogP contribution in [-0.4, -0.2) is 30.8 Å². The SMILES string of the molecule is CC[C@H](Oc1ccc2ccccc2c1)C(=O)O[C@H]1C(=O)OCC1(C)C. The molecule has 0 spiro atoms. The summed E-state index contributed by atoms with van der Waals surface area (Å²) < 4.78 is 16.2. The molecule has 0 saturated carbocycles. The zero-order chi connectivity index (χ0) is 18.0. The van der Waals surface area contributed by atoms with Crippen LogP contribution in [0.4, 0.5) is 0 Å². The molecule has 0 unspecified atom stereocenters. The van der Waals surface area contributed by atoms with Crippen molar-refractivity contribution in [2.24, 2.45) is 5.41 Å². The quantitative estimate of drug-likeness (QED) is 0.778. The molecule has 1 aliphatic rings. The molecule has 0 bridgehead atoms. The molecule has 2 atom stereocenters. The van der Waals surface area contributed by atoms with Crippen molar-refractivity contribution in [3.63, 3.8) is 0 Å². The molecule has 5 heteroatoms. The molecule has 5 nitrogen and oxygen atoms in total. The van der Waals surface area contributed by atoms with Crippen LogP contribution in [0.25, 0.3) is 10.8 Å². The molecule has 0 amide bonds. The highest BCUT2D eigenvalue weighted by atomic mass is 16.6. The Morgan fingerprint density at radius 2 is 1.96 bits per heavy atom. The highest BCUT2D eigenvalue weighted by Crippen LogP contribution is 2.31.